The first-order chi connectivity index (χ1) is 8.11. The normalized spacial score (nSPS) is 10.5. The molecule has 0 atom stereocenters. The van der Waals surface area contributed by atoms with Gasteiger partial charge < -0.3 is 5.11 Å². The number of carbonyl (C=O) groups is 1. The molecule has 0 saturated carbocycles. The summed E-state index contributed by atoms with van der Waals surface area (Å²) in [6, 6.07) is 5.81. The van der Waals surface area contributed by atoms with Crippen LogP contribution in [0.25, 0.3) is 11.3 Å². The quantitative estimate of drug-likeness (QED) is 0.911. The lowest BCUT2D eigenvalue weighted by atomic mass is 10.1. The molecule has 1 N–H and O–H groups in total. The van der Waals surface area contributed by atoms with Crippen molar-refractivity contribution in [3.63, 3.8) is 0 Å². The van der Waals surface area contributed by atoms with Gasteiger partial charge in [-0.05, 0) is 18.6 Å². The lowest BCUT2D eigenvalue weighted by molar-refractivity contribution is 0.0702. The van der Waals surface area contributed by atoms with Crippen LogP contribution in [0.4, 0.5) is 4.39 Å². The van der Waals surface area contributed by atoms with Gasteiger partial charge in [-0.1, -0.05) is 19.1 Å². The highest BCUT2D eigenvalue weighted by Crippen LogP contribution is 2.28. The first-order valence-electron chi connectivity index (χ1n) is 5.10. The standard InChI is InChI=1S/C12H10FNO2S/c1-2-9-14-10(11(17-9)12(15)16)7-4-3-5-8(13)6-7/h3-6H,2H2,1H3,(H,15,16). The van der Waals surface area contributed by atoms with Crippen molar-refractivity contribution in [3.8, 4) is 11.3 Å². The second kappa shape index (κ2) is 4.63. The highest BCUT2D eigenvalue weighted by Gasteiger charge is 2.18. The van der Waals surface area contributed by atoms with E-state index in [1.54, 1.807) is 12.1 Å². The van der Waals surface area contributed by atoms with Crippen LogP contribution in [0.3, 0.4) is 0 Å². The second-order valence-corrected chi connectivity index (χ2v) is 4.54. The van der Waals surface area contributed by atoms with Crippen molar-refractivity contribution in [2.45, 2.75) is 13.3 Å². The van der Waals surface area contributed by atoms with Crippen molar-refractivity contribution in [3.05, 3.63) is 40.0 Å². The number of hydrogen-bond acceptors (Lipinski definition) is 3. The van der Waals surface area contributed by atoms with Crippen molar-refractivity contribution in [2.75, 3.05) is 0 Å². The van der Waals surface area contributed by atoms with Crippen LogP contribution >= 0.6 is 11.3 Å². The maximum absolute atomic E-state index is 13.1. The molecule has 5 heteroatoms. The molecule has 0 bridgehead atoms. The van der Waals surface area contributed by atoms with Crippen molar-refractivity contribution in [1.29, 1.82) is 0 Å². The molecular formula is C12H10FNO2S. The molecule has 0 aliphatic rings. The third-order valence-electron chi connectivity index (χ3n) is 2.27. The number of aromatic carboxylic acids is 1. The van der Waals surface area contributed by atoms with Crippen molar-refractivity contribution >= 4 is 17.3 Å². The molecule has 1 aromatic carbocycles. The fourth-order valence-electron chi connectivity index (χ4n) is 1.49. The van der Waals surface area contributed by atoms with E-state index < -0.39 is 11.8 Å². The Hall–Kier alpha value is -1.75. The summed E-state index contributed by atoms with van der Waals surface area (Å²) in [5.41, 5.74) is 0.845. The number of aromatic nitrogens is 1. The average Bonchev–Trinajstić information content (AvgIpc) is 2.73. The van der Waals surface area contributed by atoms with E-state index in [1.165, 1.54) is 12.1 Å². The van der Waals surface area contributed by atoms with Gasteiger partial charge in [0.15, 0.2) is 0 Å². The lowest BCUT2D eigenvalue weighted by Gasteiger charge is -1.98. The van der Waals surface area contributed by atoms with Gasteiger partial charge in [-0.25, -0.2) is 14.2 Å². The third-order valence-corrected chi connectivity index (χ3v) is 3.45. The molecule has 3 nitrogen and oxygen atoms in total. The van der Waals surface area contributed by atoms with Crippen molar-refractivity contribution in [2.24, 2.45) is 0 Å². The number of carboxylic acids is 1. The number of thiazole rings is 1. The highest BCUT2D eigenvalue weighted by molar-refractivity contribution is 7.14. The molecule has 88 valence electrons. The molecular weight excluding hydrogens is 241 g/mol. The number of carboxylic acid groups (broad SMARTS) is 1. The van der Waals surface area contributed by atoms with Gasteiger partial charge >= 0.3 is 5.97 Å². The zero-order valence-electron chi connectivity index (χ0n) is 9.11. The van der Waals surface area contributed by atoms with Gasteiger partial charge in [-0.2, -0.15) is 0 Å². The van der Waals surface area contributed by atoms with Gasteiger partial charge in [0.05, 0.1) is 10.7 Å². The number of rotatable bonds is 3. The van der Waals surface area contributed by atoms with E-state index in [2.05, 4.69) is 4.98 Å². The molecule has 0 fully saturated rings. The van der Waals surface area contributed by atoms with E-state index in [1.807, 2.05) is 6.92 Å². The minimum atomic E-state index is -1.03. The maximum Gasteiger partial charge on any atom is 0.348 e. The summed E-state index contributed by atoms with van der Waals surface area (Å²) in [6.07, 6.45) is 0.667. The third kappa shape index (κ3) is 2.34. The monoisotopic (exact) mass is 251 g/mol. The second-order valence-electron chi connectivity index (χ2n) is 3.45. The molecule has 2 rings (SSSR count). The summed E-state index contributed by atoms with van der Waals surface area (Å²) in [7, 11) is 0. The van der Waals surface area contributed by atoms with Crippen molar-refractivity contribution < 1.29 is 14.3 Å². The number of nitrogens with zero attached hydrogens (tertiary/aromatic N) is 1. The smallest absolute Gasteiger partial charge is 0.348 e. The summed E-state index contributed by atoms with van der Waals surface area (Å²) in [4.78, 5) is 15.5. The molecule has 0 aliphatic heterocycles. The minimum Gasteiger partial charge on any atom is -0.477 e. The first kappa shape index (κ1) is 11.7. The molecule has 1 heterocycles. The van der Waals surface area contributed by atoms with Crippen LogP contribution in [0, 0.1) is 5.82 Å². The molecule has 0 radical (unpaired) electrons. The van der Waals surface area contributed by atoms with Crippen molar-refractivity contribution in [1.82, 2.24) is 4.98 Å². The van der Waals surface area contributed by atoms with E-state index in [-0.39, 0.29) is 4.88 Å². The largest absolute Gasteiger partial charge is 0.477 e. The molecule has 0 unspecified atom stereocenters. The molecule has 0 spiro atoms. The van der Waals surface area contributed by atoms with Crippen LogP contribution in [0.5, 0.6) is 0 Å². The summed E-state index contributed by atoms with van der Waals surface area (Å²) >= 11 is 1.14. The van der Waals surface area contributed by atoms with Crippen LogP contribution < -0.4 is 0 Å². The summed E-state index contributed by atoms with van der Waals surface area (Å²) < 4.78 is 13.1. The number of benzene rings is 1. The molecule has 2 aromatic rings. The van der Waals surface area contributed by atoms with E-state index >= 15 is 0 Å². The van der Waals surface area contributed by atoms with Crippen LogP contribution in [0.15, 0.2) is 24.3 Å². The summed E-state index contributed by atoms with van der Waals surface area (Å²) in [5, 5.41) is 9.82. The summed E-state index contributed by atoms with van der Waals surface area (Å²) in [5.74, 6) is -1.42. The number of hydrogen-bond donors (Lipinski definition) is 1. The van der Waals surface area contributed by atoms with Gasteiger partial charge in [0.1, 0.15) is 10.7 Å². The van der Waals surface area contributed by atoms with Gasteiger partial charge in [-0.15, -0.1) is 11.3 Å². The van der Waals surface area contributed by atoms with Crippen LogP contribution in [-0.2, 0) is 6.42 Å². The zero-order valence-corrected chi connectivity index (χ0v) is 9.92. The fraction of sp³-hybridized carbons (Fsp3) is 0.167. The predicted octanol–water partition coefficient (Wildman–Crippen LogP) is 3.21. The van der Waals surface area contributed by atoms with E-state index in [0.717, 1.165) is 16.3 Å². The highest BCUT2D eigenvalue weighted by atomic mass is 32.1. The van der Waals surface area contributed by atoms with Crippen LogP contribution in [0.2, 0.25) is 0 Å². The Labute approximate surface area is 102 Å². The van der Waals surface area contributed by atoms with E-state index in [4.69, 9.17) is 5.11 Å². The molecule has 0 aliphatic carbocycles. The topological polar surface area (TPSA) is 50.2 Å². The molecule has 17 heavy (non-hydrogen) atoms. The molecule has 0 saturated heterocycles. The van der Waals surface area contributed by atoms with Gasteiger partial charge in [0.25, 0.3) is 0 Å². The van der Waals surface area contributed by atoms with Gasteiger partial charge in [0.2, 0.25) is 0 Å². The van der Waals surface area contributed by atoms with Gasteiger partial charge in [0, 0.05) is 5.56 Å². The fourth-order valence-corrected chi connectivity index (χ4v) is 2.36. The maximum atomic E-state index is 13.1. The molecule has 0 amide bonds. The Bertz CT molecular complexity index is 565. The minimum absolute atomic E-state index is 0.160. The predicted molar refractivity (Wildman–Crippen MR) is 63.8 cm³/mol. The lowest BCUT2D eigenvalue weighted by Crippen LogP contribution is -1.95. The first-order valence-corrected chi connectivity index (χ1v) is 5.92. The number of halogens is 1. The zero-order chi connectivity index (χ0) is 12.4. The van der Waals surface area contributed by atoms with Crippen LogP contribution in [0.1, 0.15) is 21.6 Å². The van der Waals surface area contributed by atoms with Gasteiger partial charge in [-0.3, -0.25) is 0 Å². The van der Waals surface area contributed by atoms with E-state index in [9.17, 15) is 9.18 Å². The summed E-state index contributed by atoms with van der Waals surface area (Å²) in [6.45, 7) is 1.90. The SMILES string of the molecule is CCc1nc(-c2cccc(F)c2)c(C(=O)O)s1. The Morgan fingerprint density at radius 2 is 2.29 bits per heavy atom. The molecule has 1 aromatic heterocycles. The average molecular weight is 251 g/mol. The Kier molecular flexibility index (Phi) is 3.19. The Morgan fingerprint density at radius 3 is 2.88 bits per heavy atom. The van der Waals surface area contributed by atoms with E-state index in [0.29, 0.717) is 17.7 Å². The Balaban J connectivity index is 2.57. The Morgan fingerprint density at radius 1 is 1.53 bits per heavy atom. The van der Waals surface area contributed by atoms with Crippen LogP contribution in [-0.4, -0.2) is 16.1 Å². The number of aryl methyl sites for hydroxylation is 1.